The normalized spacial score (nSPS) is 11.5. The van der Waals surface area contributed by atoms with Crippen LogP contribution in [-0.2, 0) is 0 Å². The quantitative estimate of drug-likeness (QED) is 0.527. The summed E-state index contributed by atoms with van der Waals surface area (Å²) in [5, 5.41) is 0.959. The molecule has 2 nitrogen and oxygen atoms in total. The maximum atomic E-state index is 12.9. The number of hydrogen-bond donors (Lipinski definition) is 0. The van der Waals surface area contributed by atoms with Crippen molar-refractivity contribution in [1.29, 1.82) is 0 Å². The first kappa shape index (κ1) is 18.4. The monoisotopic (exact) mass is 362 g/mol. The predicted octanol–water partition coefficient (Wildman–Crippen LogP) is 5.69. The van der Waals surface area contributed by atoms with Gasteiger partial charge in [-0.3, -0.25) is 0 Å². The first-order chi connectivity index (χ1) is 12.6. The van der Waals surface area contributed by atoms with Crippen molar-refractivity contribution < 1.29 is 4.42 Å². The number of benzene rings is 2. The molecule has 0 aliphatic carbocycles. The van der Waals surface area contributed by atoms with Gasteiger partial charge in [-0.1, -0.05) is 99.6 Å². The van der Waals surface area contributed by atoms with Gasteiger partial charge in [0.2, 0.25) is 0 Å². The van der Waals surface area contributed by atoms with Crippen molar-refractivity contribution in [2.24, 2.45) is 0 Å². The Morgan fingerprint density at radius 3 is 1.65 bits per heavy atom. The molecule has 2 aromatic carbocycles. The van der Waals surface area contributed by atoms with E-state index in [-0.39, 0.29) is 5.63 Å². The van der Waals surface area contributed by atoms with E-state index >= 15 is 0 Å². The second-order valence-corrected chi connectivity index (χ2v) is 11.9. The van der Waals surface area contributed by atoms with Gasteiger partial charge in [-0.05, 0) is 17.2 Å². The zero-order valence-electron chi connectivity index (χ0n) is 15.8. The molecule has 0 atom stereocenters. The van der Waals surface area contributed by atoms with Crippen molar-refractivity contribution in [3.05, 3.63) is 77.2 Å². The van der Waals surface area contributed by atoms with E-state index in [0.29, 0.717) is 5.56 Å². The molecule has 134 valence electrons. The molecule has 3 rings (SSSR count). The Morgan fingerprint density at radius 2 is 1.19 bits per heavy atom. The molecule has 0 aliphatic rings. The van der Waals surface area contributed by atoms with E-state index in [1.165, 1.54) is 0 Å². The Balaban J connectivity index is 2.32. The van der Waals surface area contributed by atoms with Gasteiger partial charge >= 0.3 is 5.63 Å². The zero-order valence-corrected chi connectivity index (χ0v) is 16.8. The Hall–Kier alpha value is -2.39. The summed E-state index contributed by atoms with van der Waals surface area (Å²) in [6, 6.07) is 25.4. The SMILES string of the molecule is CC[Si](CC)(CC)c1oc(=O)c(-c2ccccc2)cc1-c1ccccc1. The predicted molar refractivity (Wildman–Crippen MR) is 113 cm³/mol. The standard InChI is InChI=1S/C23H26O2Si/c1-4-26(5-2,6-3)23-21(19-15-11-8-12-16-19)17-20(22(24)25-23)18-13-9-7-10-14-18/h7-17H,4-6H2,1-3H3. The molecule has 0 amide bonds. The van der Waals surface area contributed by atoms with Gasteiger partial charge in [0.05, 0.1) is 10.9 Å². The third-order valence-electron chi connectivity index (χ3n) is 5.63. The Bertz CT molecular complexity index is 902. The zero-order chi connectivity index (χ0) is 18.6. The third-order valence-corrected chi connectivity index (χ3v) is 11.0. The van der Waals surface area contributed by atoms with Gasteiger partial charge in [0.15, 0.2) is 0 Å². The van der Waals surface area contributed by atoms with Crippen LogP contribution in [0, 0.1) is 0 Å². The van der Waals surface area contributed by atoms with Crippen LogP contribution in [0.5, 0.6) is 0 Å². The smallest absolute Gasteiger partial charge is 0.343 e. The molecule has 0 bridgehead atoms. The number of rotatable bonds is 6. The van der Waals surface area contributed by atoms with E-state index in [2.05, 4.69) is 39.0 Å². The minimum absolute atomic E-state index is 0.224. The van der Waals surface area contributed by atoms with Crippen molar-refractivity contribution in [2.45, 2.75) is 38.9 Å². The van der Waals surface area contributed by atoms with Crippen LogP contribution in [0.3, 0.4) is 0 Å². The fraction of sp³-hybridized carbons (Fsp3) is 0.261. The molecule has 1 aromatic heterocycles. The van der Waals surface area contributed by atoms with Gasteiger partial charge < -0.3 is 4.42 Å². The van der Waals surface area contributed by atoms with Crippen LogP contribution in [0.1, 0.15) is 20.8 Å². The molecule has 0 spiro atoms. The lowest BCUT2D eigenvalue weighted by molar-refractivity contribution is 0.542. The number of hydrogen-bond acceptors (Lipinski definition) is 2. The lowest BCUT2D eigenvalue weighted by atomic mass is 10.0. The Labute approximate surface area is 156 Å². The second kappa shape index (κ2) is 7.88. The molecule has 3 heteroatoms. The molecule has 3 aromatic rings. The lowest BCUT2D eigenvalue weighted by Gasteiger charge is -2.28. The highest BCUT2D eigenvalue weighted by Crippen LogP contribution is 2.29. The summed E-state index contributed by atoms with van der Waals surface area (Å²) in [6.07, 6.45) is 0. The van der Waals surface area contributed by atoms with Crippen molar-refractivity contribution in [1.82, 2.24) is 0 Å². The summed E-state index contributed by atoms with van der Waals surface area (Å²) in [6.45, 7) is 6.71. The van der Waals surface area contributed by atoms with E-state index in [9.17, 15) is 4.79 Å². The molecule has 0 N–H and O–H groups in total. The highest BCUT2D eigenvalue weighted by atomic mass is 28.3. The fourth-order valence-corrected chi connectivity index (χ4v) is 7.31. The van der Waals surface area contributed by atoms with Crippen LogP contribution in [0.4, 0.5) is 0 Å². The van der Waals surface area contributed by atoms with Gasteiger partial charge in [-0.2, -0.15) is 0 Å². The summed E-state index contributed by atoms with van der Waals surface area (Å²) in [5.41, 5.74) is 3.52. The summed E-state index contributed by atoms with van der Waals surface area (Å²) in [5.74, 6) is 0. The maximum absolute atomic E-state index is 12.9. The molecule has 0 saturated heterocycles. The average molecular weight is 363 g/mol. The third kappa shape index (κ3) is 3.32. The van der Waals surface area contributed by atoms with Gasteiger partial charge in [0.25, 0.3) is 0 Å². The maximum Gasteiger partial charge on any atom is 0.343 e. The minimum atomic E-state index is -1.84. The van der Waals surface area contributed by atoms with E-state index in [4.69, 9.17) is 4.42 Å². The molecule has 0 radical (unpaired) electrons. The lowest BCUT2D eigenvalue weighted by Crippen LogP contribution is -2.48. The van der Waals surface area contributed by atoms with Gasteiger partial charge in [0.1, 0.15) is 8.07 Å². The van der Waals surface area contributed by atoms with E-state index < -0.39 is 8.07 Å². The summed E-state index contributed by atoms with van der Waals surface area (Å²) in [7, 11) is -1.84. The van der Waals surface area contributed by atoms with E-state index in [1.54, 1.807) is 0 Å². The van der Waals surface area contributed by atoms with Crippen molar-refractivity contribution >= 4 is 13.5 Å². The molecule has 0 fully saturated rings. The van der Waals surface area contributed by atoms with E-state index in [0.717, 1.165) is 40.2 Å². The summed E-state index contributed by atoms with van der Waals surface area (Å²) >= 11 is 0. The van der Waals surface area contributed by atoms with Crippen LogP contribution in [0.25, 0.3) is 22.3 Å². The van der Waals surface area contributed by atoms with Crippen molar-refractivity contribution in [2.75, 3.05) is 0 Å². The van der Waals surface area contributed by atoms with Crippen LogP contribution in [0.2, 0.25) is 18.1 Å². The first-order valence-electron chi connectivity index (χ1n) is 9.44. The molecule has 0 saturated carbocycles. The van der Waals surface area contributed by atoms with Crippen molar-refractivity contribution in [3.63, 3.8) is 0 Å². The summed E-state index contributed by atoms with van der Waals surface area (Å²) in [4.78, 5) is 12.9. The van der Waals surface area contributed by atoms with Crippen LogP contribution < -0.4 is 11.0 Å². The molecular formula is C23H26O2Si. The topological polar surface area (TPSA) is 30.2 Å². The van der Waals surface area contributed by atoms with Gasteiger partial charge in [-0.15, -0.1) is 0 Å². The summed E-state index contributed by atoms with van der Waals surface area (Å²) < 4.78 is 6.09. The highest BCUT2D eigenvalue weighted by Gasteiger charge is 2.35. The Morgan fingerprint density at radius 1 is 0.731 bits per heavy atom. The molecular weight excluding hydrogens is 336 g/mol. The second-order valence-electron chi connectivity index (χ2n) is 6.76. The van der Waals surface area contributed by atoms with Gasteiger partial charge in [0, 0.05) is 5.56 Å². The molecule has 0 unspecified atom stereocenters. The Kier molecular flexibility index (Phi) is 5.57. The highest BCUT2D eigenvalue weighted by molar-refractivity contribution is 6.91. The largest absolute Gasteiger partial charge is 0.432 e. The van der Waals surface area contributed by atoms with Gasteiger partial charge in [-0.25, -0.2) is 4.79 Å². The minimum Gasteiger partial charge on any atom is -0.432 e. The first-order valence-corrected chi connectivity index (χ1v) is 12.1. The molecule has 1 heterocycles. The fourth-order valence-electron chi connectivity index (χ4n) is 3.75. The van der Waals surface area contributed by atoms with E-state index in [1.807, 2.05) is 48.5 Å². The van der Waals surface area contributed by atoms with Crippen LogP contribution in [-0.4, -0.2) is 8.07 Å². The van der Waals surface area contributed by atoms with Crippen molar-refractivity contribution in [3.8, 4) is 22.3 Å². The molecule has 0 aliphatic heterocycles. The van der Waals surface area contributed by atoms with Crippen LogP contribution in [0.15, 0.2) is 75.9 Å². The average Bonchev–Trinajstić information content (AvgIpc) is 2.71. The van der Waals surface area contributed by atoms with Crippen LogP contribution >= 0.6 is 0 Å². The molecule has 26 heavy (non-hydrogen) atoms.